The van der Waals surface area contributed by atoms with Gasteiger partial charge in [-0.25, -0.2) is 9.78 Å². The molecule has 0 saturated heterocycles. The van der Waals surface area contributed by atoms with Crippen molar-refractivity contribution in [1.82, 2.24) is 4.98 Å². The van der Waals surface area contributed by atoms with Gasteiger partial charge < -0.3 is 13.6 Å². The minimum Gasteiger partial charge on any atom is -0.462 e. The Morgan fingerprint density at radius 3 is 2.71 bits per heavy atom. The molecule has 0 radical (unpaired) electrons. The van der Waals surface area contributed by atoms with Gasteiger partial charge in [0.2, 0.25) is 5.89 Å². The van der Waals surface area contributed by atoms with Crippen LogP contribution in [0.2, 0.25) is 5.02 Å². The predicted octanol–water partition coefficient (Wildman–Crippen LogP) is 4.65. The van der Waals surface area contributed by atoms with Crippen LogP contribution < -0.4 is 0 Å². The normalized spacial score (nSPS) is 11.1. The molecule has 0 aliphatic heterocycles. The highest BCUT2D eigenvalue weighted by molar-refractivity contribution is 6.30. The Balaban J connectivity index is 1.56. The Bertz CT molecular complexity index is 861. The molecular formula is C18H14ClNO4. The Kier molecular flexibility index (Phi) is 4.82. The third-order valence-electron chi connectivity index (χ3n) is 3.17. The van der Waals surface area contributed by atoms with Crippen molar-refractivity contribution in [1.29, 1.82) is 0 Å². The molecule has 0 unspecified atom stereocenters. The number of rotatable bonds is 5. The molecule has 3 rings (SSSR count). The van der Waals surface area contributed by atoms with E-state index in [2.05, 4.69) is 4.98 Å². The lowest BCUT2D eigenvalue weighted by Crippen LogP contribution is -2.00. The maximum absolute atomic E-state index is 11.7. The summed E-state index contributed by atoms with van der Waals surface area (Å²) in [5, 5.41) is 0.644. The van der Waals surface area contributed by atoms with E-state index in [4.69, 9.17) is 25.2 Å². The second-order valence-electron chi connectivity index (χ2n) is 5.01. The summed E-state index contributed by atoms with van der Waals surface area (Å²) in [6.07, 6.45) is 4.42. The van der Waals surface area contributed by atoms with Crippen molar-refractivity contribution < 1.29 is 18.4 Å². The molecule has 122 valence electrons. The van der Waals surface area contributed by atoms with Crippen molar-refractivity contribution in [3.05, 3.63) is 71.1 Å². The quantitative estimate of drug-likeness (QED) is 0.498. The summed E-state index contributed by atoms with van der Waals surface area (Å²) < 4.78 is 16.0. The zero-order chi connectivity index (χ0) is 16.9. The number of benzene rings is 1. The largest absolute Gasteiger partial charge is 0.462 e. The highest BCUT2D eigenvalue weighted by Crippen LogP contribution is 2.22. The van der Waals surface area contributed by atoms with Crippen LogP contribution in [0, 0.1) is 6.92 Å². The van der Waals surface area contributed by atoms with Crippen molar-refractivity contribution in [2.45, 2.75) is 13.5 Å². The van der Waals surface area contributed by atoms with E-state index in [0.29, 0.717) is 22.4 Å². The first-order valence-electron chi connectivity index (χ1n) is 7.22. The lowest BCUT2D eigenvalue weighted by atomic mass is 10.2. The van der Waals surface area contributed by atoms with Crippen LogP contribution in [-0.2, 0) is 16.1 Å². The first-order chi connectivity index (χ1) is 11.6. The molecule has 0 aliphatic carbocycles. The number of carbonyl (C=O) groups excluding carboxylic acids is 1. The number of nitrogens with zero attached hydrogens (tertiary/aromatic N) is 1. The zero-order valence-electron chi connectivity index (χ0n) is 12.9. The van der Waals surface area contributed by atoms with Crippen LogP contribution in [0.3, 0.4) is 0 Å². The third kappa shape index (κ3) is 4.14. The molecule has 2 heterocycles. The van der Waals surface area contributed by atoms with E-state index in [1.165, 1.54) is 6.08 Å². The lowest BCUT2D eigenvalue weighted by molar-refractivity contribution is -0.139. The van der Waals surface area contributed by atoms with Crippen LogP contribution in [-0.4, -0.2) is 11.0 Å². The fraction of sp³-hybridized carbons (Fsp3) is 0.111. The second-order valence-corrected chi connectivity index (χ2v) is 5.45. The standard InChI is InChI=1S/C18H14ClNO4/c1-12-2-7-15(23-12)8-9-18(21)22-11-17-20-10-16(24-17)13-3-5-14(19)6-4-13/h2-10H,11H2,1H3/b9-8+. The summed E-state index contributed by atoms with van der Waals surface area (Å²) in [6, 6.07) is 10.8. The van der Waals surface area contributed by atoms with E-state index in [9.17, 15) is 4.79 Å². The molecule has 0 fully saturated rings. The average Bonchev–Trinajstić information content (AvgIpc) is 3.21. The van der Waals surface area contributed by atoms with Crippen LogP contribution in [0.25, 0.3) is 17.4 Å². The summed E-state index contributed by atoms with van der Waals surface area (Å²) in [7, 11) is 0. The molecule has 0 amide bonds. The van der Waals surface area contributed by atoms with E-state index >= 15 is 0 Å². The summed E-state index contributed by atoms with van der Waals surface area (Å²) in [4.78, 5) is 15.8. The number of ether oxygens (including phenoxy) is 1. The molecule has 3 aromatic rings. The first-order valence-corrected chi connectivity index (χ1v) is 7.60. The maximum Gasteiger partial charge on any atom is 0.331 e. The van der Waals surface area contributed by atoms with Gasteiger partial charge in [0.1, 0.15) is 11.5 Å². The molecule has 0 bridgehead atoms. The average molecular weight is 344 g/mol. The number of esters is 1. The number of aromatic nitrogens is 1. The molecule has 2 aromatic heterocycles. The van der Waals surface area contributed by atoms with Crippen molar-refractivity contribution in [2.75, 3.05) is 0 Å². The monoisotopic (exact) mass is 343 g/mol. The van der Waals surface area contributed by atoms with Gasteiger partial charge in [0.05, 0.1) is 6.20 Å². The van der Waals surface area contributed by atoms with Gasteiger partial charge in [-0.2, -0.15) is 0 Å². The molecule has 0 N–H and O–H groups in total. The van der Waals surface area contributed by atoms with Crippen molar-refractivity contribution in [2.24, 2.45) is 0 Å². The number of carbonyl (C=O) groups is 1. The van der Waals surface area contributed by atoms with E-state index in [-0.39, 0.29) is 6.61 Å². The number of oxazole rings is 1. The Labute approximate surface area is 143 Å². The zero-order valence-corrected chi connectivity index (χ0v) is 13.6. The number of furan rings is 1. The molecule has 24 heavy (non-hydrogen) atoms. The fourth-order valence-electron chi connectivity index (χ4n) is 2.00. The molecule has 6 heteroatoms. The Morgan fingerprint density at radius 1 is 1.21 bits per heavy atom. The van der Waals surface area contributed by atoms with Gasteiger partial charge in [0.25, 0.3) is 0 Å². The van der Waals surface area contributed by atoms with Crippen molar-refractivity contribution in [3.8, 4) is 11.3 Å². The summed E-state index contributed by atoms with van der Waals surface area (Å²) >= 11 is 5.85. The van der Waals surface area contributed by atoms with Gasteiger partial charge in [-0.05, 0) is 49.4 Å². The van der Waals surface area contributed by atoms with Gasteiger partial charge in [-0.1, -0.05) is 11.6 Å². The van der Waals surface area contributed by atoms with Crippen LogP contribution in [0.4, 0.5) is 0 Å². The summed E-state index contributed by atoms with van der Waals surface area (Å²) in [5.41, 5.74) is 0.845. The minimum absolute atomic E-state index is 0.0477. The van der Waals surface area contributed by atoms with Gasteiger partial charge >= 0.3 is 5.97 Å². The topological polar surface area (TPSA) is 65.5 Å². The lowest BCUT2D eigenvalue weighted by Gasteiger charge is -1.98. The molecular weight excluding hydrogens is 330 g/mol. The number of aryl methyl sites for hydroxylation is 1. The summed E-state index contributed by atoms with van der Waals surface area (Å²) in [5.74, 6) is 1.76. The van der Waals surface area contributed by atoms with Gasteiger partial charge in [0, 0.05) is 16.7 Å². The molecule has 1 aromatic carbocycles. The Hall–Kier alpha value is -2.79. The number of hydrogen-bond acceptors (Lipinski definition) is 5. The molecule has 0 saturated carbocycles. The Morgan fingerprint density at radius 2 is 2.00 bits per heavy atom. The van der Waals surface area contributed by atoms with Crippen LogP contribution >= 0.6 is 11.6 Å². The molecule has 0 spiro atoms. The van der Waals surface area contributed by atoms with Crippen molar-refractivity contribution in [3.63, 3.8) is 0 Å². The van der Waals surface area contributed by atoms with Crippen molar-refractivity contribution >= 4 is 23.6 Å². The van der Waals surface area contributed by atoms with Gasteiger partial charge in [0.15, 0.2) is 12.4 Å². The third-order valence-corrected chi connectivity index (χ3v) is 3.42. The predicted molar refractivity (Wildman–Crippen MR) is 89.2 cm³/mol. The second kappa shape index (κ2) is 7.19. The maximum atomic E-state index is 11.7. The number of halogens is 1. The first kappa shape index (κ1) is 16.1. The van der Waals surface area contributed by atoms with Crippen LogP contribution in [0.15, 0.2) is 57.5 Å². The molecule has 5 nitrogen and oxygen atoms in total. The van der Waals surface area contributed by atoms with Crippen LogP contribution in [0.5, 0.6) is 0 Å². The molecule has 0 aliphatic rings. The van der Waals surface area contributed by atoms with E-state index < -0.39 is 5.97 Å². The van der Waals surface area contributed by atoms with Gasteiger partial charge in [-0.3, -0.25) is 0 Å². The highest BCUT2D eigenvalue weighted by atomic mass is 35.5. The van der Waals surface area contributed by atoms with E-state index in [0.717, 1.165) is 11.3 Å². The number of hydrogen-bond donors (Lipinski definition) is 0. The van der Waals surface area contributed by atoms with E-state index in [1.807, 2.05) is 25.1 Å². The summed E-state index contributed by atoms with van der Waals surface area (Å²) in [6.45, 7) is 1.78. The van der Waals surface area contributed by atoms with Crippen LogP contribution in [0.1, 0.15) is 17.4 Å². The SMILES string of the molecule is Cc1ccc(/C=C/C(=O)OCc2ncc(-c3ccc(Cl)cc3)o2)o1. The smallest absolute Gasteiger partial charge is 0.331 e. The molecule has 0 atom stereocenters. The minimum atomic E-state index is -0.504. The highest BCUT2D eigenvalue weighted by Gasteiger charge is 2.08. The van der Waals surface area contributed by atoms with E-state index in [1.54, 1.807) is 30.5 Å². The van der Waals surface area contributed by atoms with Gasteiger partial charge in [-0.15, -0.1) is 0 Å². The fourth-order valence-corrected chi connectivity index (χ4v) is 2.12.